The van der Waals surface area contributed by atoms with Gasteiger partial charge in [0.2, 0.25) is 0 Å². The van der Waals surface area contributed by atoms with E-state index >= 15 is 0 Å². The molecule has 0 aliphatic rings. The van der Waals surface area contributed by atoms with Gasteiger partial charge in [-0.05, 0) is 19.1 Å². The van der Waals surface area contributed by atoms with Crippen molar-refractivity contribution in [3.8, 4) is 0 Å². The summed E-state index contributed by atoms with van der Waals surface area (Å²) in [6.45, 7) is 2.62. The van der Waals surface area contributed by atoms with Crippen LogP contribution in [0.3, 0.4) is 0 Å². The van der Waals surface area contributed by atoms with E-state index in [-0.39, 0.29) is 11.9 Å². The zero-order valence-corrected chi connectivity index (χ0v) is 8.96. The third-order valence-corrected chi connectivity index (χ3v) is 2.17. The van der Waals surface area contributed by atoms with Gasteiger partial charge in [0.1, 0.15) is 0 Å². The zero-order valence-electron chi connectivity index (χ0n) is 8.96. The number of carbonyl (C=O) groups excluding carboxylic acids is 1. The van der Waals surface area contributed by atoms with Gasteiger partial charge in [-0.1, -0.05) is 0 Å². The molecule has 1 N–H and O–H groups in total. The van der Waals surface area contributed by atoms with Crippen molar-refractivity contribution in [3.63, 3.8) is 0 Å². The lowest BCUT2D eigenvalue weighted by Gasteiger charge is -2.13. The maximum atomic E-state index is 11.6. The summed E-state index contributed by atoms with van der Waals surface area (Å²) in [4.78, 5) is 15.6. The minimum absolute atomic E-state index is 0.0202. The molecule has 2 aromatic rings. The number of aromatic nitrogens is 2. The minimum atomic E-state index is -0.197. The van der Waals surface area contributed by atoms with Crippen LogP contribution in [0.4, 0.5) is 0 Å². The number of hydrogen-bond donors (Lipinski definition) is 1. The zero-order chi connectivity index (χ0) is 11.4. The monoisotopic (exact) mass is 219 g/mol. The van der Waals surface area contributed by atoms with E-state index < -0.39 is 0 Å². The van der Waals surface area contributed by atoms with E-state index in [2.05, 4.69) is 10.3 Å². The first-order chi connectivity index (χ1) is 7.75. The first-order valence-corrected chi connectivity index (χ1v) is 5.06. The Kier molecular flexibility index (Phi) is 3.05. The topological polar surface area (TPSA) is 60.1 Å². The third-order valence-electron chi connectivity index (χ3n) is 2.17. The summed E-state index contributed by atoms with van der Waals surface area (Å²) in [5.41, 5.74) is 0. The Balaban J connectivity index is 1.88. The van der Waals surface area contributed by atoms with E-state index in [0.29, 0.717) is 12.3 Å². The lowest BCUT2D eigenvalue weighted by molar-refractivity contribution is 0.0908. The fraction of sp³-hybridized carbons (Fsp3) is 0.273. The second-order valence-electron chi connectivity index (χ2n) is 3.61. The minimum Gasteiger partial charge on any atom is -0.459 e. The van der Waals surface area contributed by atoms with Crippen molar-refractivity contribution in [2.45, 2.75) is 19.5 Å². The van der Waals surface area contributed by atoms with Crippen LogP contribution in [0.15, 0.2) is 41.5 Å². The smallest absolute Gasteiger partial charge is 0.287 e. The molecule has 2 rings (SSSR count). The molecule has 0 radical (unpaired) electrons. The summed E-state index contributed by atoms with van der Waals surface area (Å²) in [5, 5.41) is 2.84. The van der Waals surface area contributed by atoms with E-state index in [1.54, 1.807) is 24.7 Å². The van der Waals surface area contributed by atoms with Crippen LogP contribution >= 0.6 is 0 Å². The molecular formula is C11H13N3O2. The van der Waals surface area contributed by atoms with Crippen molar-refractivity contribution in [3.05, 3.63) is 42.9 Å². The van der Waals surface area contributed by atoms with Crippen LogP contribution < -0.4 is 5.32 Å². The van der Waals surface area contributed by atoms with Crippen LogP contribution in [0.25, 0.3) is 0 Å². The van der Waals surface area contributed by atoms with Gasteiger partial charge in [0.15, 0.2) is 5.76 Å². The standard InChI is InChI=1S/C11H13N3O2/c1-9(7-14-5-4-12-8-14)13-11(15)10-3-2-6-16-10/h2-6,8-9H,7H2,1H3,(H,13,15). The van der Waals surface area contributed by atoms with Crippen LogP contribution in [-0.4, -0.2) is 21.5 Å². The molecular weight excluding hydrogens is 206 g/mol. The molecule has 2 heterocycles. The summed E-state index contributed by atoms with van der Waals surface area (Å²) in [7, 11) is 0. The molecule has 0 bridgehead atoms. The van der Waals surface area contributed by atoms with Gasteiger partial charge in [0.25, 0.3) is 5.91 Å². The number of rotatable bonds is 4. The summed E-state index contributed by atoms with van der Waals surface area (Å²) in [6, 6.07) is 3.35. The van der Waals surface area contributed by atoms with Crippen LogP contribution in [0.5, 0.6) is 0 Å². The summed E-state index contributed by atoms with van der Waals surface area (Å²) in [6.07, 6.45) is 6.77. The highest BCUT2D eigenvalue weighted by molar-refractivity contribution is 5.91. The number of furan rings is 1. The Morgan fingerprint density at radius 3 is 3.19 bits per heavy atom. The van der Waals surface area contributed by atoms with Gasteiger partial charge in [-0.15, -0.1) is 0 Å². The van der Waals surface area contributed by atoms with E-state index in [1.807, 2.05) is 17.7 Å². The van der Waals surface area contributed by atoms with Crippen molar-refractivity contribution >= 4 is 5.91 Å². The quantitative estimate of drug-likeness (QED) is 0.843. The molecule has 0 aliphatic carbocycles. The van der Waals surface area contributed by atoms with E-state index in [1.165, 1.54) is 6.26 Å². The van der Waals surface area contributed by atoms with Crippen molar-refractivity contribution in [1.82, 2.24) is 14.9 Å². The van der Waals surface area contributed by atoms with Crippen molar-refractivity contribution in [2.24, 2.45) is 0 Å². The molecule has 2 aromatic heterocycles. The molecule has 0 aromatic carbocycles. The highest BCUT2D eigenvalue weighted by Gasteiger charge is 2.11. The Hall–Kier alpha value is -2.04. The average molecular weight is 219 g/mol. The average Bonchev–Trinajstić information content (AvgIpc) is 2.88. The number of carbonyl (C=O) groups is 1. The van der Waals surface area contributed by atoms with E-state index in [0.717, 1.165) is 0 Å². The fourth-order valence-corrected chi connectivity index (χ4v) is 1.46. The van der Waals surface area contributed by atoms with Crippen LogP contribution in [0.1, 0.15) is 17.5 Å². The number of imidazole rings is 1. The molecule has 5 heteroatoms. The number of hydrogen-bond acceptors (Lipinski definition) is 3. The van der Waals surface area contributed by atoms with E-state index in [9.17, 15) is 4.79 Å². The van der Waals surface area contributed by atoms with Gasteiger partial charge in [-0.3, -0.25) is 4.79 Å². The SMILES string of the molecule is CC(Cn1ccnc1)NC(=O)c1ccco1. The number of nitrogens with zero attached hydrogens (tertiary/aromatic N) is 2. The Morgan fingerprint density at radius 2 is 2.56 bits per heavy atom. The third kappa shape index (κ3) is 2.50. The first-order valence-electron chi connectivity index (χ1n) is 5.06. The van der Waals surface area contributed by atoms with Gasteiger partial charge in [0, 0.05) is 25.0 Å². The molecule has 1 atom stereocenters. The Bertz CT molecular complexity index is 434. The first kappa shape index (κ1) is 10.5. The van der Waals surface area contributed by atoms with Gasteiger partial charge in [-0.25, -0.2) is 4.98 Å². The largest absolute Gasteiger partial charge is 0.459 e. The van der Waals surface area contributed by atoms with Crippen LogP contribution in [0, 0.1) is 0 Å². The summed E-state index contributed by atoms with van der Waals surface area (Å²) in [5.74, 6) is 0.134. The molecule has 0 spiro atoms. The van der Waals surface area contributed by atoms with Crippen molar-refractivity contribution in [1.29, 1.82) is 0 Å². The van der Waals surface area contributed by atoms with E-state index in [4.69, 9.17) is 4.42 Å². The molecule has 0 saturated heterocycles. The Morgan fingerprint density at radius 1 is 1.69 bits per heavy atom. The van der Waals surface area contributed by atoms with Crippen molar-refractivity contribution < 1.29 is 9.21 Å². The lowest BCUT2D eigenvalue weighted by atomic mass is 10.3. The summed E-state index contributed by atoms with van der Waals surface area (Å²) < 4.78 is 6.91. The predicted octanol–water partition coefficient (Wildman–Crippen LogP) is 1.29. The molecule has 84 valence electrons. The van der Waals surface area contributed by atoms with Crippen LogP contribution in [-0.2, 0) is 6.54 Å². The summed E-state index contributed by atoms with van der Waals surface area (Å²) >= 11 is 0. The molecule has 0 aliphatic heterocycles. The van der Waals surface area contributed by atoms with Crippen molar-refractivity contribution in [2.75, 3.05) is 0 Å². The van der Waals surface area contributed by atoms with Gasteiger partial charge in [0.05, 0.1) is 12.6 Å². The molecule has 0 saturated carbocycles. The highest BCUT2D eigenvalue weighted by Crippen LogP contribution is 2.00. The van der Waals surface area contributed by atoms with Crippen LogP contribution in [0.2, 0.25) is 0 Å². The highest BCUT2D eigenvalue weighted by atomic mass is 16.3. The molecule has 1 amide bonds. The van der Waals surface area contributed by atoms with Gasteiger partial charge in [-0.2, -0.15) is 0 Å². The second kappa shape index (κ2) is 4.65. The lowest BCUT2D eigenvalue weighted by Crippen LogP contribution is -2.35. The molecule has 5 nitrogen and oxygen atoms in total. The molecule has 0 fully saturated rings. The van der Waals surface area contributed by atoms with Gasteiger partial charge >= 0.3 is 0 Å². The number of nitrogens with one attached hydrogen (secondary N) is 1. The Labute approximate surface area is 93.1 Å². The second-order valence-corrected chi connectivity index (χ2v) is 3.61. The van der Waals surface area contributed by atoms with Gasteiger partial charge < -0.3 is 14.3 Å². The molecule has 1 unspecified atom stereocenters. The normalized spacial score (nSPS) is 12.3. The molecule has 16 heavy (non-hydrogen) atoms. The fourth-order valence-electron chi connectivity index (χ4n) is 1.46. The predicted molar refractivity (Wildman–Crippen MR) is 57.9 cm³/mol. The maximum Gasteiger partial charge on any atom is 0.287 e. The number of amides is 1. The maximum absolute atomic E-state index is 11.6.